The van der Waals surface area contributed by atoms with Gasteiger partial charge in [0.05, 0.1) is 25.1 Å². The number of carbonyl (C=O) groups is 1. The molecule has 0 saturated carbocycles. The maximum absolute atomic E-state index is 11.3. The van der Waals surface area contributed by atoms with Gasteiger partial charge in [0.25, 0.3) is 0 Å². The number of aliphatic hydroxyl groups excluding tert-OH is 1. The monoisotopic (exact) mass is 225 g/mol. The molecule has 6 heteroatoms. The molecule has 1 heterocycles. The van der Waals surface area contributed by atoms with Gasteiger partial charge in [-0.3, -0.25) is 0 Å². The van der Waals surface area contributed by atoms with E-state index in [1.165, 1.54) is 13.3 Å². The first kappa shape index (κ1) is 12.3. The fourth-order valence-corrected chi connectivity index (χ4v) is 0.991. The molecule has 0 radical (unpaired) electrons. The lowest BCUT2D eigenvalue weighted by molar-refractivity contribution is 0.190. The first-order valence-corrected chi connectivity index (χ1v) is 4.85. The maximum Gasteiger partial charge on any atom is 0.319 e. The third-order valence-corrected chi connectivity index (χ3v) is 1.76. The average molecular weight is 225 g/mol. The maximum atomic E-state index is 11.3. The minimum Gasteiger partial charge on any atom is -0.481 e. The first-order chi connectivity index (χ1) is 7.61. The number of nitrogens with one attached hydrogen (secondary N) is 2. The van der Waals surface area contributed by atoms with Crippen LogP contribution < -0.4 is 15.4 Å². The second kappa shape index (κ2) is 5.92. The molecule has 0 unspecified atom stereocenters. The summed E-state index contributed by atoms with van der Waals surface area (Å²) in [6, 6.07) is 2.94. The van der Waals surface area contributed by atoms with Gasteiger partial charge in [-0.05, 0) is 13.0 Å². The summed E-state index contributed by atoms with van der Waals surface area (Å²) < 4.78 is 4.88. The molecule has 0 aliphatic carbocycles. The van der Waals surface area contributed by atoms with Crippen molar-refractivity contribution in [2.45, 2.75) is 13.0 Å². The van der Waals surface area contributed by atoms with Crippen molar-refractivity contribution in [2.75, 3.05) is 19.0 Å². The van der Waals surface area contributed by atoms with Crippen LogP contribution in [0.15, 0.2) is 18.3 Å². The van der Waals surface area contributed by atoms with Crippen molar-refractivity contribution in [3.63, 3.8) is 0 Å². The van der Waals surface area contributed by atoms with E-state index in [0.29, 0.717) is 11.6 Å². The second-order valence-electron chi connectivity index (χ2n) is 3.27. The van der Waals surface area contributed by atoms with Crippen molar-refractivity contribution in [1.82, 2.24) is 10.3 Å². The van der Waals surface area contributed by atoms with Crippen LogP contribution in [0.2, 0.25) is 0 Å². The van der Waals surface area contributed by atoms with Crippen molar-refractivity contribution in [3.05, 3.63) is 18.3 Å². The molecule has 1 atom stereocenters. The van der Waals surface area contributed by atoms with E-state index in [-0.39, 0.29) is 12.6 Å². The van der Waals surface area contributed by atoms with Crippen LogP contribution in [0.3, 0.4) is 0 Å². The predicted molar refractivity (Wildman–Crippen MR) is 59.5 cm³/mol. The number of amides is 2. The van der Waals surface area contributed by atoms with Gasteiger partial charge in [-0.2, -0.15) is 0 Å². The van der Waals surface area contributed by atoms with E-state index in [1.807, 2.05) is 0 Å². The number of urea groups is 1. The molecular formula is C10H15N3O3. The summed E-state index contributed by atoms with van der Waals surface area (Å²) in [4.78, 5) is 15.2. The predicted octanol–water partition coefficient (Wildman–Crippen LogP) is 0.593. The number of aromatic nitrogens is 1. The Morgan fingerprint density at radius 2 is 2.38 bits per heavy atom. The number of hydrogen-bond acceptors (Lipinski definition) is 4. The molecule has 0 spiro atoms. The van der Waals surface area contributed by atoms with E-state index in [9.17, 15) is 4.79 Å². The van der Waals surface area contributed by atoms with E-state index in [2.05, 4.69) is 15.6 Å². The number of pyridine rings is 1. The van der Waals surface area contributed by atoms with Crippen molar-refractivity contribution in [3.8, 4) is 5.88 Å². The molecule has 3 N–H and O–H groups in total. The number of hydrogen-bond donors (Lipinski definition) is 3. The van der Waals surface area contributed by atoms with E-state index >= 15 is 0 Å². The zero-order valence-corrected chi connectivity index (χ0v) is 9.23. The lowest BCUT2D eigenvalue weighted by Crippen LogP contribution is -2.34. The number of ether oxygens (including phenoxy) is 1. The quantitative estimate of drug-likeness (QED) is 0.700. The Bertz CT molecular complexity index is 338. The molecule has 0 saturated heterocycles. The molecule has 0 aromatic carbocycles. The third kappa shape index (κ3) is 4.14. The summed E-state index contributed by atoms with van der Waals surface area (Å²) in [5, 5.41) is 14.0. The molecule has 1 aromatic rings. The molecule has 0 bridgehead atoms. The number of carbonyl (C=O) groups excluding carboxylic acids is 1. The number of nitrogens with zero attached hydrogens (tertiary/aromatic N) is 1. The van der Waals surface area contributed by atoms with Gasteiger partial charge in [-0.1, -0.05) is 0 Å². The smallest absolute Gasteiger partial charge is 0.319 e. The fraction of sp³-hybridized carbons (Fsp3) is 0.400. The van der Waals surface area contributed by atoms with Crippen LogP contribution in [0.5, 0.6) is 5.88 Å². The molecule has 1 rings (SSSR count). The Kier molecular flexibility index (Phi) is 4.53. The third-order valence-electron chi connectivity index (χ3n) is 1.76. The molecule has 6 nitrogen and oxygen atoms in total. The fourth-order valence-electron chi connectivity index (χ4n) is 0.991. The van der Waals surface area contributed by atoms with Crippen LogP contribution in [-0.4, -0.2) is 35.9 Å². The summed E-state index contributed by atoms with van der Waals surface area (Å²) in [6.07, 6.45) is 0.917. The summed E-state index contributed by atoms with van der Waals surface area (Å²) in [6.45, 7) is 1.80. The normalized spacial score (nSPS) is 11.7. The van der Waals surface area contributed by atoms with E-state index < -0.39 is 6.10 Å². The standard InChI is InChI=1S/C10H15N3O3/c1-7(14)5-12-10(15)13-8-3-4-9(16-2)11-6-8/h3-4,6-7,14H,5H2,1-2H3,(H2,12,13,15)/t7-/m1/s1. The van der Waals surface area contributed by atoms with E-state index in [0.717, 1.165) is 0 Å². The number of aliphatic hydroxyl groups is 1. The first-order valence-electron chi connectivity index (χ1n) is 4.85. The van der Waals surface area contributed by atoms with Crippen LogP contribution in [0.25, 0.3) is 0 Å². The van der Waals surface area contributed by atoms with Crippen molar-refractivity contribution >= 4 is 11.7 Å². The Hall–Kier alpha value is -1.82. The van der Waals surface area contributed by atoms with Gasteiger partial charge in [-0.25, -0.2) is 9.78 Å². The largest absolute Gasteiger partial charge is 0.481 e. The Labute approximate surface area is 93.6 Å². The highest BCUT2D eigenvalue weighted by Gasteiger charge is 2.03. The summed E-state index contributed by atoms with van der Waals surface area (Å²) in [7, 11) is 1.52. The molecule has 0 aliphatic heterocycles. The number of anilines is 1. The highest BCUT2D eigenvalue weighted by Crippen LogP contribution is 2.10. The number of rotatable bonds is 4. The highest BCUT2D eigenvalue weighted by molar-refractivity contribution is 5.88. The van der Waals surface area contributed by atoms with Gasteiger partial charge in [0.1, 0.15) is 0 Å². The topological polar surface area (TPSA) is 83.5 Å². The Morgan fingerprint density at radius 3 is 2.88 bits per heavy atom. The molecule has 0 aliphatic rings. The minimum atomic E-state index is -0.570. The molecule has 1 aromatic heterocycles. The zero-order valence-electron chi connectivity index (χ0n) is 9.23. The van der Waals surface area contributed by atoms with Crippen LogP contribution >= 0.6 is 0 Å². The summed E-state index contributed by atoms with van der Waals surface area (Å²) >= 11 is 0. The lowest BCUT2D eigenvalue weighted by atomic mass is 10.4. The van der Waals surface area contributed by atoms with Gasteiger partial charge in [-0.15, -0.1) is 0 Å². The lowest BCUT2D eigenvalue weighted by Gasteiger charge is -2.08. The molecule has 16 heavy (non-hydrogen) atoms. The van der Waals surface area contributed by atoms with Crippen molar-refractivity contribution in [1.29, 1.82) is 0 Å². The van der Waals surface area contributed by atoms with Crippen LogP contribution in [-0.2, 0) is 0 Å². The summed E-state index contributed by atoms with van der Waals surface area (Å²) in [5.41, 5.74) is 0.559. The van der Waals surface area contributed by atoms with Crippen molar-refractivity contribution < 1.29 is 14.6 Å². The molecule has 0 fully saturated rings. The van der Waals surface area contributed by atoms with Gasteiger partial charge in [0.2, 0.25) is 5.88 Å². The van der Waals surface area contributed by atoms with Gasteiger partial charge >= 0.3 is 6.03 Å². The van der Waals surface area contributed by atoms with Crippen LogP contribution in [0.1, 0.15) is 6.92 Å². The van der Waals surface area contributed by atoms with Crippen LogP contribution in [0, 0.1) is 0 Å². The second-order valence-corrected chi connectivity index (χ2v) is 3.27. The summed E-state index contributed by atoms with van der Waals surface area (Å²) in [5.74, 6) is 0.481. The van der Waals surface area contributed by atoms with Gasteiger partial charge in [0.15, 0.2) is 0 Å². The van der Waals surface area contributed by atoms with E-state index in [4.69, 9.17) is 9.84 Å². The van der Waals surface area contributed by atoms with Gasteiger partial charge in [0, 0.05) is 12.6 Å². The molecular weight excluding hydrogens is 210 g/mol. The van der Waals surface area contributed by atoms with Crippen molar-refractivity contribution in [2.24, 2.45) is 0 Å². The molecule has 88 valence electrons. The molecule has 2 amide bonds. The zero-order chi connectivity index (χ0) is 12.0. The Morgan fingerprint density at radius 1 is 1.62 bits per heavy atom. The van der Waals surface area contributed by atoms with Gasteiger partial charge < -0.3 is 20.5 Å². The van der Waals surface area contributed by atoms with E-state index in [1.54, 1.807) is 19.1 Å². The number of methoxy groups -OCH3 is 1. The Balaban J connectivity index is 2.43. The minimum absolute atomic E-state index is 0.204. The van der Waals surface area contributed by atoms with Crippen LogP contribution in [0.4, 0.5) is 10.5 Å². The SMILES string of the molecule is COc1ccc(NC(=O)NC[C@@H](C)O)cn1. The average Bonchev–Trinajstić information content (AvgIpc) is 2.27. The highest BCUT2D eigenvalue weighted by atomic mass is 16.5.